The molecular formula is C24H21NO3S. The highest BCUT2D eigenvalue weighted by Gasteiger charge is 2.21. The van der Waals surface area contributed by atoms with Crippen molar-refractivity contribution >= 4 is 28.2 Å². The first-order valence-corrected chi connectivity index (χ1v) is 10.4. The highest BCUT2D eigenvalue weighted by molar-refractivity contribution is 7.10. The molecular weight excluding hydrogens is 382 g/mol. The molecule has 0 saturated heterocycles. The third-order valence-electron chi connectivity index (χ3n) is 4.90. The number of hydrogen-bond acceptors (Lipinski definition) is 4. The quantitative estimate of drug-likeness (QED) is 0.479. The lowest BCUT2D eigenvalue weighted by Gasteiger charge is -2.19. The van der Waals surface area contributed by atoms with Crippen LogP contribution in [0.2, 0.25) is 0 Å². The molecule has 1 unspecified atom stereocenters. The van der Waals surface area contributed by atoms with Gasteiger partial charge in [-0.15, -0.1) is 11.3 Å². The molecule has 1 atom stereocenters. The lowest BCUT2D eigenvalue weighted by molar-refractivity contribution is 0.0916. The fourth-order valence-electron chi connectivity index (χ4n) is 3.27. The van der Waals surface area contributed by atoms with Crippen molar-refractivity contribution in [1.29, 1.82) is 0 Å². The van der Waals surface area contributed by atoms with E-state index in [0.717, 1.165) is 10.4 Å². The van der Waals surface area contributed by atoms with Crippen molar-refractivity contribution in [3.63, 3.8) is 0 Å². The van der Waals surface area contributed by atoms with Crippen molar-refractivity contribution in [3.05, 3.63) is 104 Å². The molecule has 2 heterocycles. The van der Waals surface area contributed by atoms with Crippen molar-refractivity contribution in [1.82, 2.24) is 5.32 Å². The summed E-state index contributed by atoms with van der Waals surface area (Å²) in [7, 11) is 0. The van der Waals surface area contributed by atoms with E-state index in [-0.39, 0.29) is 17.2 Å². The fraction of sp³-hybridized carbons (Fsp3) is 0.167. The van der Waals surface area contributed by atoms with Crippen molar-refractivity contribution in [3.8, 4) is 0 Å². The average molecular weight is 404 g/mol. The van der Waals surface area contributed by atoms with E-state index in [0.29, 0.717) is 16.9 Å². The summed E-state index contributed by atoms with van der Waals surface area (Å²) in [6, 6.07) is 20.1. The van der Waals surface area contributed by atoms with Gasteiger partial charge in [-0.25, -0.2) is 0 Å². The summed E-state index contributed by atoms with van der Waals surface area (Å²) in [5.74, 6) is 0.0268. The number of benzene rings is 2. The molecule has 0 aliphatic carbocycles. The summed E-state index contributed by atoms with van der Waals surface area (Å²) < 4.78 is 5.70. The number of fused-ring (bicyclic) bond motifs is 1. The maximum Gasteiger partial charge on any atom is 0.287 e. The molecule has 5 heteroatoms. The maximum atomic E-state index is 13.0. The van der Waals surface area contributed by atoms with Gasteiger partial charge in [0.15, 0.2) is 11.2 Å². The van der Waals surface area contributed by atoms with E-state index in [9.17, 15) is 9.59 Å². The number of rotatable bonds is 5. The topological polar surface area (TPSA) is 59.3 Å². The summed E-state index contributed by atoms with van der Waals surface area (Å²) in [5, 5.41) is 5.47. The Bertz CT molecular complexity index is 1190. The Labute approximate surface area is 172 Å². The van der Waals surface area contributed by atoms with Crippen LogP contribution in [0.4, 0.5) is 0 Å². The minimum absolute atomic E-state index is 0.00839. The minimum Gasteiger partial charge on any atom is -0.451 e. The molecule has 1 amide bonds. The van der Waals surface area contributed by atoms with Gasteiger partial charge < -0.3 is 9.73 Å². The van der Waals surface area contributed by atoms with Gasteiger partial charge in [-0.1, -0.05) is 56.3 Å². The summed E-state index contributed by atoms with van der Waals surface area (Å²) >= 11 is 1.57. The van der Waals surface area contributed by atoms with Crippen LogP contribution in [0.1, 0.15) is 52.4 Å². The van der Waals surface area contributed by atoms with Gasteiger partial charge in [0.1, 0.15) is 5.58 Å². The van der Waals surface area contributed by atoms with Gasteiger partial charge in [-0.05, 0) is 40.6 Å². The zero-order valence-electron chi connectivity index (χ0n) is 16.2. The molecule has 4 aromatic rings. The molecule has 0 aliphatic heterocycles. The van der Waals surface area contributed by atoms with E-state index < -0.39 is 5.91 Å². The first-order valence-electron chi connectivity index (χ1n) is 9.50. The van der Waals surface area contributed by atoms with Gasteiger partial charge in [-0.3, -0.25) is 9.59 Å². The summed E-state index contributed by atoms with van der Waals surface area (Å²) in [4.78, 5) is 26.3. The van der Waals surface area contributed by atoms with Crippen LogP contribution in [-0.4, -0.2) is 5.91 Å². The van der Waals surface area contributed by atoms with E-state index in [1.54, 1.807) is 35.6 Å². The third-order valence-corrected chi connectivity index (χ3v) is 5.84. The second-order valence-corrected chi connectivity index (χ2v) is 8.19. The zero-order valence-corrected chi connectivity index (χ0v) is 17.0. The third kappa shape index (κ3) is 4.00. The number of carbonyl (C=O) groups excluding carboxylic acids is 1. The molecule has 0 fully saturated rings. The number of amides is 1. The van der Waals surface area contributed by atoms with Crippen LogP contribution in [0, 0.1) is 0 Å². The van der Waals surface area contributed by atoms with Gasteiger partial charge in [0.2, 0.25) is 0 Å². The van der Waals surface area contributed by atoms with E-state index in [4.69, 9.17) is 4.42 Å². The maximum absolute atomic E-state index is 13.0. The zero-order chi connectivity index (χ0) is 20.4. The summed E-state index contributed by atoms with van der Waals surface area (Å²) in [5.41, 5.74) is 2.39. The Morgan fingerprint density at radius 3 is 2.38 bits per heavy atom. The molecule has 146 valence electrons. The van der Waals surface area contributed by atoms with E-state index in [1.807, 2.05) is 29.6 Å². The smallest absolute Gasteiger partial charge is 0.287 e. The van der Waals surface area contributed by atoms with Gasteiger partial charge in [-0.2, -0.15) is 0 Å². The number of hydrogen-bond donors (Lipinski definition) is 1. The second kappa shape index (κ2) is 8.05. The molecule has 0 radical (unpaired) electrons. The largest absolute Gasteiger partial charge is 0.451 e. The molecule has 29 heavy (non-hydrogen) atoms. The monoisotopic (exact) mass is 403 g/mol. The van der Waals surface area contributed by atoms with Gasteiger partial charge >= 0.3 is 0 Å². The number of carbonyl (C=O) groups is 1. The van der Waals surface area contributed by atoms with Gasteiger partial charge in [0, 0.05) is 10.9 Å². The van der Waals surface area contributed by atoms with Crippen LogP contribution in [0.5, 0.6) is 0 Å². The predicted octanol–water partition coefficient (Wildman–Crippen LogP) is 5.50. The lowest BCUT2D eigenvalue weighted by Crippen LogP contribution is -2.29. The Morgan fingerprint density at radius 1 is 0.966 bits per heavy atom. The number of thiophene rings is 1. The van der Waals surface area contributed by atoms with Crippen molar-refractivity contribution < 1.29 is 9.21 Å². The average Bonchev–Trinajstić information content (AvgIpc) is 3.26. The molecule has 0 spiro atoms. The summed E-state index contributed by atoms with van der Waals surface area (Å²) in [6.07, 6.45) is 0. The van der Waals surface area contributed by atoms with Crippen LogP contribution in [0.3, 0.4) is 0 Å². The Kier molecular flexibility index (Phi) is 5.32. The predicted molar refractivity (Wildman–Crippen MR) is 117 cm³/mol. The Morgan fingerprint density at radius 2 is 1.69 bits per heavy atom. The van der Waals surface area contributed by atoms with E-state index in [2.05, 4.69) is 31.3 Å². The van der Waals surface area contributed by atoms with Crippen LogP contribution < -0.4 is 10.7 Å². The SMILES string of the molecule is CC(C)c1ccc(C(NC(=O)c2cc(=O)c3ccccc3o2)c2cccs2)cc1. The van der Waals surface area contributed by atoms with E-state index >= 15 is 0 Å². The van der Waals surface area contributed by atoms with Crippen molar-refractivity contribution in [2.45, 2.75) is 25.8 Å². The first-order chi connectivity index (χ1) is 14.0. The molecule has 2 aromatic carbocycles. The second-order valence-electron chi connectivity index (χ2n) is 7.21. The standard InChI is InChI=1S/C24H21NO3S/c1-15(2)16-9-11-17(12-10-16)23(22-8-5-13-29-22)25-24(27)21-14-19(26)18-6-3-4-7-20(18)28-21/h3-15,23H,1-2H3,(H,25,27). The Hall–Kier alpha value is -3.18. The minimum atomic E-state index is -0.417. The van der Waals surface area contributed by atoms with Crippen LogP contribution in [0.15, 0.2) is 81.3 Å². The Balaban J connectivity index is 1.68. The number of nitrogens with one attached hydrogen (secondary N) is 1. The highest BCUT2D eigenvalue weighted by atomic mass is 32.1. The highest BCUT2D eigenvalue weighted by Crippen LogP contribution is 2.28. The molecule has 1 N–H and O–H groups in total. The molecule has 0 saturated carbocycles. The van der Waals surface area contributed by atoms with Crippen molar-refractivity contribution in [2.24, 2.45) is 0 Å². The molecule has 0 bridgehead atoms. The lowest BCUT2D eigenvalue weighted by atomic mass is 9.98. The van der Waals surface area contributed by atoms with Crippen LogP contribution in [0.25, 0.3) is 11.0 Å². The van der Waals surface area contributed by atoms with Gasteiger partial charge in [0.25, 0.3) is 5.91 Å². The molecule has 4 rings (SSSR count). The van der Waals surface area contributed by atoms with Crippen LogP contribution in [-0.2, 0) is 0 Å². The molecule has 4 nitrogen and oxygen atoms in total. The molecule has 2 aromatic heterocycles. The van der Waals surface area contributed by atoms with Gasteiger partial charge in [0.05, 0.1) is 11.4 Å². The number of para-hydroxylation sites is 1. The normalized spacial score (nSPS) is 12.2. The summed E-state index contributed by atoms with van der Waals surface area (Å²) in [6.45, 7) is 4.30. The van der Waals surface area contributed by atoms with Crippen molar-refractivity contribution in [2.75, 3.05) is 0 Å². The van der Waals surface area contributed by atoms with Crippen LogP contribution >= 0.6 is 11.3 Å². The first kappa shape index (κ1) is 19.2. The molecule has 0 aliphatic rings. The fourth-order valence-corrected chi connectivity index (χ4v) is 4.07. The van der Waals surface area contributed by atoms with E-state index in [1.165, 1.54) is 11.6 Å².